The molecule has 2 aliphatic rings. The fourth-order valence-electron chi connectivity index (χ4n) is 3.28. The quantitative estimate of drug-likeness (QED) is 0.773. The lowest BCUT2D eigenvalue weighted by Crippen LogP contribution is -2.57. The van der Waals surface area contributed by atoms with Crippen LogP contribution in [0.15, 0.2) is 22.7 Å². The zero-order chi connectivity index (χ0) is 13.5. The SMILES string of the molecule is O=C1CC(Oc2ccc(Br)cc2Cl)C12CCCCC2. The van der Waals surface area contributed by atoms with Crippen LogP contribution in [0.4, 0.5) is 0 Å². The molecular weight excluding hydrogens is 328 g/mol. The van der Waals surface area contributed by atoms with E-state index in [9.17, 15) is 4.79 Å². The van der Waals surface area contributed by atoms with Gasteiger partial charge < -0.3 is 4.74 Å². The van der Waals surface area contributed by atoms with E-state index in [1.54, 1.807) is 0 Å². The third-order valence-electron chi connectivity index (χ3n) is 4.45. The molecule has 4 heteroatoms. The molecule has 19 heavy (non-hydrogen) atoms. The number of Topliss-reactive ketones (excluding diaryl/α,β-unsaturated/α-hetero) is 1. The number of hydrogen-bond donors (Lipinski definition) is 0. The van der Waals surface area contributed by atoms with Crippen LogP contribution in [0.3, 0.4) is 0 Å². The highest BCUT2D eigenvalue weighted by Crippen LogP contribution is 2.51. The number of ketones is 1. The van der Waals surface area contributed by atoms with Gasteiger partial charge in [-0.25, -0.2) is 0 Å². The molecule has 2 saturated carbocycles. The first kappa shape index (κ1) is 13.4. The third kappa shape index (κ3) is 2.31. The molecule has 0 heterocycles. The summed E-state index contributed by atoms with van der Waals surface area (Å²) in [6.07, 6.45) is 6.01. The molecule has 1 aromatic carbocycles. The zero-order valence-electron chi connectivity index (χ0n) is 10.6. The van der Waals surface area contributed by atoms with E-state index in [4.69, 9.17) is 16.3 Å². The molecule has 0 bridgehead atoms. The van der Waals surface area contributed by atoms with Gasteiger partial charge in [0.15, 0.2) is 0 Å². The highest BCUT2D eigenvalue weighted by atomic mass is 79.9. The van der Waals surface area contributed by atoms with Crippen molar-refractivity contribution in [2.75, 3.05) is 0 Å². The van der Waals surface area contributed by atoms with Crippen LogP contribution < -0.4 is 4.74 Å². The molecule has 3 rings (SSSR count). The lowest BCUT2D eigenvalue weighted by molar-refractivity contribution is -0.156. The number of hydrogen-bond acceptors (Lipinski definition) is 2. The number of benzene rings is 1. The molecule has 1 spiro atoms. The summed E-state index contributed by atoms with van der Waals surface area (Å²) in [7, 11) is 0. The number of ether oxygens (including phenoxy) is 1. The molecule has 0 aliphatic heterocycles. The van der Waals surface area contributed by atoms with Crippen LogP contribution in [-0.2, 0) is 4.79 Å². The van der Waals surface area contributed by atoms with Gasteiger partial charge in [0, 0.05) is 10.9 Å². The highest BCUT2D eigenvalue weighted by Gasteiger charge is 2.56. The second-order valence-corrected chi connectivity index (χ2v) is 6.85. The van der Waals surface area contributed by atoms with E-state index >= 15 is 0 Å². The molecule has 0 N–H and O–H groups in total. The van der Waals surface area contributed by atoms with Crippen molar-refractivity contribution in [3.8, 4) is 5.75 Å². The molecule has 102 valence electrons. The van der Waals surface area contributed by atoms with Gasteiger partial charge in [0.25, 0.3) is 0 Å². The van der Waals surface area contributed by atoms with Crippen LogP contribution in [0, 0.1) is 5.41 Å². The molecular formula is C15H16BrClO2. The first-order valence-electron chi connectivity index (χ1n) is 6.77. The first-order chi connectivity index (χ1) is 9.12. The minimum absolute atomic E-state index is 0.0129. The Balaban J connectivity index is 1.78. The van der Waals surface area contributed by atoms with Crippen LogP contribution in [-0.4, -0.2) is 11.9 Å². The molecule has 2 fully saturated rings. The summed E-state index contributed by atoms with van der Waals surface area (Å²) in [6.45, 7) is 0. The molecule has 0 amide bonds. The average molecular weight is 344 g/mol. The van der Waals surface area contributed by atoms with Crippen LogP contribution in [0.2, 0.25) is 5.02 Å². The smallest absolute Gasteiger partial charge is 0.146 e. The second kappa shape index (κ2) is 5.10. The topological polar surface area (TPSA) is 26.3 Å². The third-order valence-corrected chi connectivity index (χ3v) is 5.24. The largest absolute Gasteiger partial charge is 0.487 e. The van der Waals surface area contributed by atoms with Crippen molar-refractivity contribution in [3.63, 3.8) is 0 Å². The Labute approximate surface area is 126 Å². The summed E-state index contributed by atoms with van der Waals surface area (Å²) in [4.78, 5) is 12.0. The molecule has 1 atom stereocenters. The van der Waals surface area contributed by atoms with Crippen LogP contribution >= 0.6 is 27.5 Å². The van der Waals surface area contributed by atoms with Crippen molar-refractivity contribution >= 4 is 33.3 Å². The van der Waals surface area contributed by atoms with E-state index in [2.05, 4.69) is 15.9 Å². The minimum atomic E-state index is -0.214. The van der Waals surface area contributed by atoms with Gasteiger partial charge >= 0.3 is 0 Å². The number of rotatable bonds is 2. The van der Waals surface area contributed by atoms with E-state index in [0.29, 0.717) is 23.0 Å². The summed E-state index contributed by atoms with van der Waals surface area (Å²) in [5.41, 5.74) is -0.214. The standard InChI is InChI=1S/C15H16BrClO2/c16-10-4-5-12(11(17)8-10)19-14-9-13(18)15(14)6-2-1-3-7-15/h4-5,8,14H,1-3,6-7,9H2. The number of halogens is 2. The van der Waals surface area contributed by atoms with E-state index in [1.165, 1.54) is 6.42 Å². The van der Waals surface area contributed by atoms with Gasteiger partial charge in [0.2, 0.25) is 0 Å². The Morgan fingerprint density at radius 3 is 2.63 bits per heavy atom. The summed E-state index contributed by atoms with van der Waals surface area (Å²) < 4.78 is 6.96. The summed E-state index contributed by atoms with van der Waals surface area (Å²) in [6, 6.07) is 5.60. The maximum Gasteiger partial charge on any atom is 0.146 e. The Morgan fingerprint density at radius 1 is 1.26 bits per heavy atom. The normalized spacial score (nSPS) is 25.2. The van der Waals surface area contributed by atoms with Gasteiger partial charge in [-0.3, -0.25) is 4.79 Å². The molecule has 0 aromatic heterocycles. The predicted octanol–water partition coefficient (Wildman–Crippen LogP) is 4.77. The highest BCUT2D eigenvalue weighted by molar-refractivity contribution is 9.10. The van der Waals surface area contributed by atoms with Crippen molar-refractivity contribution in [1.82, 2.24) is 0 Å². The van der Waals surface area contributed by atoms with Crippen LogP contribution in [0.1, 0.15) is 38.5 Å². The maximum absolute atomic E-state index is 12.0. The van der Waals surface area contributed by atoms with Crippen LogP contribution in [0.5, 0.6) is 5.75 Å². The lowest BCUT2D eigenvalue weighted by Gasteiger charge is -2.49. The summed E-state index contributed by atoms with van der Waals surface area (Å²) in [5.74, 6) is 1.07. The molecule has 1 aromatic rings. The Bertz CT molecular complexity index is 509. The van der Waals surface area contributed by atoms with Gasteiger partial charge in [0.1, 0.15) is 17.6 Å². The summed E-state index contributed by atoms with van der Waals surface area (Å²) in [5, 5.41) is 0.597. The second-order valence-electron chi connectivity index (χ2n) is 5.53. The monoisotopic (exact) mass is 342 g/mol. The van der Waals surface area contributed by atoms with E-state index < -0.39 is 0 Å². The van der Waals surface area contributed by atoms with Gasteiger partial charge in [-0.2, -0.15) is 0 Å². The van der Waals surface area contributed by atoms with Crippen molar-refractivity contribution in [2.45, 2.75) is 44.6 Å². The zero-order valence-corrected chi connectivity index (χ0v) is 13.0. The van der Waals surface area contributed by atoms with Crippen molar-refractivity contribution < 1.29 is 9.53 Å². The van der Waals surface area contributed by atoms with Crippen molar-refractivity contribution in [1.29, 1.82) is 0 Å². The first-order valence-corrected chi connectivity index (χ1v) is 7.94. The molecule has 0 saturated heterocycles. The Morgan fingerprint density at radius 2 is 2.00 bits per heavy atom. The lowest BCUT2D eigenvalue weighted by atomic mass is 9.57. The van der Waals surface area contributed by atoms with E-state index in [1.807, 2.05) is 18.2 Å². The van der Waals surface area contributed by atoms with Gasteiger partial charge in [-0.05, 0) is 31.0 Å². The fraction of sp³-hybridized carbons (Fsp3) is 0.533. The van der Waals surface area contributed by atoms with Crippen molar-refractivity contribution in [2.24, 2.45) is 5.41 Å². The summed E-state index contributed by atoms with van der Waals surface area (Å²) >= 11 is 9.56. The van der Waals surface area contributed by atoms with Gasteiger partial charge in [0.05, 0.1) is 10.4 Å². The van der Waals surface area contributed by atoms with Crippen molar-refractivity contribution in [3.05, 3.63) is 27.7 Å². The maximum atomic E-state index is 12.0. The molecule has 0 radical (unpaired) electrons. The predicted molar refractivity (Wildman–Crippen MR) is 78.7 cm³/mol. The minimum Gasteiger partial charge on any atom is -0.487 e. The Kier molecular flexibility index (Phi) is 3.61. The number of carbonyl (C=O) groups is 1. The van der Waals surface area contributed by atoms with E-state index in [0.717, 1.165) is 30.2 Å². The van der Waals surface area contributed by atoms with Gasteiger partial charge in [-0.1, -0.05) is 46.8 Å². The molecule has 2 aliphatic carbocycles. The van der Waals surface area contributed by atoms with E-state index in [-0.39, 0.29) is 11.5 Å². The Hall–Kier alpha value is -0.540. The van der Waals surface area contributed by atoms with Gasteiger partial charge in [-0.15, -0.1) is 0 Å². The molecule has 1 unspecified atom stereocenters. The number of carbonyl (C=O) groups excluding carboxylic acids is 1. The fourth-order valence-corrected chi connectivity index (χ4v) is 4.00. The molecule has 2 nitrogen and oxygen atoms in total. The van der Waals surface area contributed by atoms with Crippen LogP contribution in [0.25, 0.3) is 0 Å². The average Bonchev–Trinajstić information content (AvgIpc) is 2.42.